The minimum atomic E-state index is -0.308. The topological polar surface area (TPSA) is 3.24 Å². The Hall–Kier alpha value is -2.68. The highest BCUT2D eigenvalue weighted by molar-refractivity contribution is 7.12. The first-order valence-electron chi connectivity index (χ1n) is 10.3. The maximum absolute atomic E-state index is 2.68. The fourth-order valence-electron chi connectivity index (χ4n) is 4.85. The lowest BCUT2D eigenvalue weighted by molar-refractivity contribution is 0.140. The Balaban J connectivity index is 1.77. The molecule has 1 aromatic heterocycles. The molecule has 29 heavy (non-hydrogen) atoms. The number of hydrogen-bond acceptors (Lipinski definition) is 2. The number of hydrogen-bond donors (Lipinski definition) is 0. The Morgan fingerprint density at radius 2 is 1.21 bits per heavy atom. The summed E-state index contributed by atoms with van der Waals surface area (Å²) in [5.74, 6) is 0. The first-order chi connectivity index (χ1) is 14.3. The van der Waals surface area contributed by atoms with Crippen molar-refractivity contribution in [1.82, 2.24) is 4.90 Å². The molecule has 144 valence electrons. The van der Waals surface area contributed by atoms with E-state index in [0.29, 0.717) is 0 Å². The van der Waals surface area contributed by atoms with Gasteiger partial charge in [0.15, 0.2) is 0 Å². The minimum Gasteiger partial charge on any atom is -0.281 e. The van der Waals surface area contributed by atoms with Crippen LogP contribution in [0.15, 0.2) is 97.1 Å². The third-order valence-corrected chi connectivity index (χ3v) is 7.19. The third kappa shape index (κ3) is 3.13. The maximum atomic E-state index is 2.68. The largest absolute Gasteiger partial charge is 0.281 e. The molecule has 2 heteroatoms. The van der Waals surface area contributed by atoms with Gasteiger partial charge >= 0.3 is 0 Å². The zero-order valence-corrected chi connectivity index (χ0v) is 17.5. The number of rotatable bonds is 4. The highest BCUT2D eigenvalue weighted by Gasteiger charge is 2.43. The van der Waals surface area contributed by atoms with Crippen molar-refractivity contribution < 1.29 is 0 Å². The molecule has 0 bridgehead atoms. The predicted molar refractivity (Wildman–Crippen MR) is 122 cm³/mol. The molecule has 0 aliphatic carbocycles. The Morgan fingerprint density at radius 3 is 1.69 bits per heavy atom. The van der Waals surface area contributed by atoms with E-state index in [0.717, 1.165) is 19.5 Å². The van der Waals surface area contributed by atoms with Crippen LogP contribution >= 0.6 is 11.3 Å². The normalized spacial score (nSPS) is 14.5. The average molecular weight is 396 g/mol. The first kappa shape index (κ1) is 18.4. The highest BCUT2D eigenvalue weighted by atomic mass is 32.1. The Labute approximate surface area is 177 Å². The number of fused-ring (bicyclic) bond motifs is 1. The summed E-state index contributed by atoms with van der Waals surface area (Å²) in [5, 5.41) is 0. The minimum absolute atomic E-state index is 0.308. The van der Waals surface area contributed by atoms with Crippen LogP contribution in [0.2, 0.25) is 0 Å². The molecule has 0 N–H and O–H groups in total. The molecule has 0 saturated carbocycles. The lowest BCUT2D eigenvalue weighted by Crippen LogP contribution is -2.49. The fourth-order valence-corrected chi connectivity index (χ4v) is 5.89. The van der Waals surface area contributed by atoms with Crippen LogP contribution in [-0.2, 0) is 18.5 Å². The van der Waals surface area contributed by atoms with E-state index < -0.39 is 0 Å². The molecule has 1 aliphatic heterocycles. The molecule has 0 spiro atoms. The van der Waals surface area contributed by atoms with Gasteiger partial charge < -0.3 is 0 Å². The number of benzene rings is 3. The van der Waals surface area contributed by atoms with Crippen LogP contribution in [0.25, 0.3) is 0 Å². The van der Waals surface area contributed by atoms with E-state index >= 15 is 0 Å². The summed E-state index contributed by atoms with van der Waals surface area (Å²) in [6, 6.07) is 35.4. The van der Waals surface area contributed by atoms with Crippen LogP contribution < -0.4 is 0 Å². The monoisotopic (exact) mass is 395 g/mol. The average Bonchev–Trinajstić information content (AvgIpc) is 3.16. The lowest BCUT2D eigenvalue weighted by atomic mass is 9.74. The molecular weight excluding hydrogens is 370 g/mol. The van der Waals surface area contributed by atoms with Crippen molar-refractivity contribution in [3.8, 4) is 0 Å². The summed E-state index contributed by atoms with van der Waals surface area (Å²) in [6.07, 6.45) is 1.11. The van der Waals surface area contributed by atoms with Gasteiger partial charge in [0.2, 0.25) is 0 Å². The van der Waals surface area contributed by atoms with Crippen molar-refractivity contribution in [1.29, 1.82) is 0 Å². The fraction of sp³-hybridized carbons (Fsp3) is 0.185. The Bertz CT molecular complexity index is 987. The molecule has 0 atom stereocenters. The van der Waals surface area contributed by atoms with Crippen molar-refractivity contribution in [3.05, 3.63) is 129 Å². The molecule has 1 nitrogen and oxygen atoms in total. The summed E-state index contributed by atoms with van der Waals surface area (Å²) in [6.45, 7) is 4.25. The van der Waals surface area contributed by atoms with E-state index in [2.05, 4.69) is 109 Å². The van der Waals surface area contributed by atoms with Crippen LogP contribution in [0.3, 0.4) is 0 Å². The van der Waals surface area contributed by atoms with Gasteiger partial charge in [-0.15, -0.1) is 11.3 Å². The SMILES string of the molecule is Cc1cc2c(s1)CCN(C(c1ccccc1)(c1ccccc1)c1ccccc1)C2. The van der Waals surface area contributed by atoms with Crippen molar-refractivity contribution in [2.24, 2.45) is 0 Å². The molecule has 4 aromatic rings. The maximum Gasteiger partial charge on any atom is 0.0975 e. The summed E-state index contributed by atoms with van der Waals surface area (Å²) in [4.78, 5) is 5.66. The summed E-state index contributed by atoms with van der Waals surface area (Å²) < 4.78 is 0. The van der Waals surface area contributed by atoms with Crippen LogP contribution in [0, 0.1) is 6.92 Å². The molecule has 3 aromatic carbocycles. The van der Waals surface area contributed by atoms with Crippen molar-refractivity contribution in [3.63, 3.8) is 0 Å². The van der Waals surface area contributed by atoms with Crippen LogP contribution in [0.4, 0.5) is 0 Å². The number of thiophene rings is 1. The van der Waals surface area contributed by atoms with Gasteiger partial charge in [0.25, 0.3) is 0 Å². The van der Waals surface area contributed by atoms with Gasteiger partial charge in [0, 0.05) is 22.8 Å². The number of nitrogens with zero attached hydrogens (tertiary/aromatic N) is 1. The summed E-state index contributed by atoms with van der Waals surface area (Å²) in [5.41, 5.74) is 5.16. The van der Waals surface area contributed by atoms with Crippen molar-refractivity contribution >= 4 is 11.3 Å². The highest BCUT2D eigenvalue weighted by Crippen LogP contribution is 2.45. The van der Waals surface area contributed by atoms with Gasteiger partial charge in [-0.3, -0.25) is 4.90 Å². The molecular formula is C27H25NS. The predicted octanol–water partition coefficient (Wildman–Crippen LogP) is 6.41. The molecule has 0 radical (unpaired) electrons. The number of aryl methyl sites for hydroxylation is 1. The van der Waals surface area contributed by atoms with E-state index in [-0.39, 0.29) is 5.54 Å². The van der Waals surface area contributed by atoms with Gasteiger partial charge in [-0.1, -0.05) is 91.0 Å². The molecule has 1 aliphatic rings. The second kappa shape index (κ2) is 7.62. The quantitative estimate of drug-likeness (QED) is 0.361. The van der Waals surface area contributed by atoms with Crippen LogP contribution in [-0.4, -0.2) is 11.4 Å². The molecule has 0 amide bonds. The molecule has 0 saturated heterocycles. The van der Waals surface area contributed by atoms with Crippen LogP contribution in [0.5, 0.6) is 0 Å². The van der Waals surface area contributed by atoms with Crippen LogP contribution in [0.1, 0.15) is 32.0 Å². The third-order valence-electron chi connectivity index (χ3n) is 6.04. The summed E-state index contributed by atoms with van der Waals surface area (Å²) >= 11 is 1.96. The van der Waals surface area contributed by atoms with Gasteiger partial charge in [-0.05, 0) is 41.7 Å². The van der Waals surface area contributed by atoms with E-state index in [1.54, 1.807) is 4.88 Å². The zero-order valence-electron chi connectivity index (χ0n) is 16.7. The molecule has 0 unspecified atom stereocenters. The molecule has 2 heterocycles. The lowest BCUT2D eigenvalue weighted by Gasteiger charge is -2.47. The molecule has 5 rings (SSSR count). The van der Waals surface area contributed by atoms with E-state index in [9.17, 15) is 0 Å². The second-order valence-electron chi connectivity index (χ2n) is 7.79. The first-order valence-corrected chi connectivity index (χ1v) is 11.1. The van der Waals surface area contributed by atoms with Gasteiger partial charge in [0.1, 0.15) is 0 Å². The van der Waals surface area contributed by atoms with Crippen molar-refractivity contribution in [2.45, 2.75) is 25.4 Å². The van der Waals surface area contributed by atoms with Gasteiger partial charge in [-0.2, -0.15) is 0 Å². The smallest absolute Gasteiger partial charge is 0.0975 e. The van der Waals surface area contributed by atoms with Gasteiger partial charge in [-0.25, -0.2) is 0 Å². The van der Waals surface area contributed by atoms with Gasteiger partial charge in [0.05, 0.1) is 5.54 Å². The standard InChI is InChI=1S/C27H25NS/c1-21-19-22-20-28(18-17-26(22)29-21)27(23-11-5-2-6-12-23,24-13-7-3-8-14-24)25-15-9-4-10-16-25/h2-16,19H,17-18,20H2,1H3. The Kier molecular flexibility index (Phi) is 4.83. The van der Waals surface area contributed by atoms with Crippen molar-refractivity contribution in [2.75, 3.05) is 6.54 Å². The van der Waals surface area contributed by atoms with E-state index in [4.69, 9.17) is 0 Å². The molecule has 0 fully saturated rings. The zero-order chi connectivity index (χ0) is 19.7. The van der Waals surface area contributed by atoms with E-state index in [1.165, 1.54) is 27.1 Å². The Morgan fingerprint density at radius 1 is 0.724 bits per heavy atom. The second-order valence-corrected chi connectivity index (χ2v) is 9.13. The van der Waals surface area contributed by atoms with E-state index in [1.807, 2.05) is 11.3 Å². The summed E-state index contributed by atoms with van der Waals surface area (Å²) in [7, 11) is 0.